The largest absolute Gasteiger partial charge is 0.355 e. The first kappa shape index (κ1) is 27.8. The van der Waals surface area contributed by atoms with E-state index >= 15 is 0 Å². The summed E-state index contributed by atoms with van der Waals surface area (Å²) in [4.78, 5) is 25.7. The highest BCUT2D eigenvalue weighted by Crippen LogP contribution is 2.26. The second-order valence-corrected chi connectivity index (χ2v) is 11.6. The summed E-state index contributed by atoms with van der Waals surface area (Å²) < 4.78 is 41.8. The lowest BCUT2D eigenvalue weighted by Gasteiger charge is -2.29. The third-order valence-electron chi connectivity index (χ3n) is 6.55. The molecule has 1 aliphatic rings. The number of carbonyl (C=O) groups is 2. The molecular formula is C28H29ClFN3O4S. The summed E-state index contributed by atoms with van der Waals surface area (Å²) in [5, 5.41) is 6.10. The third kappa shape index (κ3) is 6.59. The molecule has 1 saturated heterocycles. The summed E-state index contributed by atoms with van der Waals surface area (Å²) in [6, 6.07) is 17.1. The van der Waals surface area contributed by atoms with Gasteiger partial charge in [-0.15, -0.1) is 0 Å². The third-order valence-corrected chi connectivity index (χ3v) is 8.67. The second-order valence-electron chi connectivity index (χ2n) is 9.25. The number of carbonyl (C=O) groups excluding carboxylic acids is 2. The van der Waals surface area contributed by atoms with Gasteiger partial charge in [-0.25, -0.2) is 12.8 Å². The summed E-state index contributed by atoms with van der Waals surface area (Å²) in [6.45, 7) is 2.26. The van der Waals surface area contributed by atoms with Crippen LogP contribution >= 0.6 is 11.6 Å². The number of hydrogen-bond acceptors (Lipinski definition) is 4. The fraction of sp³-hybridized carbons (Fsp3) is 0.286. The first-order valence-electron chi connectivity index (χ1n) is 12.4. The Balaban J connectivity index is 1.55. The Morgan fingerprint density at radius 1 is 1.05 bits per heavy atom. The van der Waals surface area contributed by atoms with Crippen LogP contribution in [-0.4, -0.2) is 37.1 Å². The molecule has 0 saturated carbocycles. The molecule has 38 heavy (non-hydrogen) atoms. The van der Waals surface area contributed by atoms with E-state index in [0.717, 1.165) is 12.0 Å². The van der Waals surface area contributed by atoms with E-state index in [9.17, 15) is 22.4 Å². The smallest absolute Gasteiger partial charge is 0.251 e. The summed E-state index contributed by atoms with van der Waals surface area (Å²) in [5.41, 5.74) is 1.78. The van der Waals surface area contributed by atoms with Crippen LogP contribution in [-0.2, 0) is 21.4 Å². The maximum atomic E-state index is 13.7. The van der Waals surface area contributed by atoms with E-state index in [1.165, 1.54) is 40.7 Å². The maximum Gasteiger partial charge on any atom is 0.251 e. The lowest BCUT2D eigenvalue weighted by molar-refractivity contribution is -0.124. The van der Waals surface area contributed by atoms with Gasteiger partial charge in [0.1, 0.15) is 11.9 Å². The van der Waals surface area contributed by atoms with E-state index in [1.807, 2.05) is 0 Å². The molecular weight excluding hydrogens is 529 g/mol. The Labute approximate surface area is 227 Å². The fourth-order valence-corrected chi connectivity index (χ4v) is 6.09. The van der Waals surface area contributed by atoms with Crippen molar-refractivity contribution in [2.75, 3.05) is 6.54 Å². The van der Waals surface area contributed by atoms with E-state index in [0.29, 0.717) is 35.5 Å². The van der Waals surface area contributed by atoms with Crippen LogP contribution in [0.1, 0.15) is 53.7 Å². The molecule has 0 aromatic heterocycles. The lowest BCUT2D eigenvalue weighted by Crippen LogP contribution is -2.48. The first-order valence-corrected chi connectivity index (χ1v) is 14.2. The normalized spacial score (nSPS) is 16.9. The van der Waals surface area contributed by atoms with E-state index in [1.54, 1.807) is 43.3 Å². The number of benzene rings is 3. The number of amides is 2. The van der Waals surface area contributed by atoms with Crippen molar-refractivity contribution in [1.29, 1.82) is 0 Å². The molecule has 3 aromatic carbocycles. The van der Waals surface area contributed by atoms with Gasteiger partial charge in [0.15, 0.2) is 0 Å². The highest BCUT2D eigenvalue weighted by atomic mass is 35.5. The number of hydrogen-bond donors (Lipinski definition) is 2. The van der Waals surface area contributed by atoms with Crippen LogP contribution in [0, 0.1) is 5.82 Å². The lowest BCUT2D eigenvalue weighted by atomic mass is 10.1. The molecule has 2 amide bonds. The van der Waals surface area contributed by atoms with Gasteiger partial charge in [0.25, 0.3) is 5.91 Å². The number of rotatable bonds is 8. The molecule has 10 heteroatoms. The van der Waals surface area contributed by atoms with Crippen molar-refractivity contribution < 1.29 is 22.4 Å². The molecule has 3 aromatic rings. The van der Waals surface area contributed by atoms with Crippen LogP contribution in [0.25, 0.3) is 0 Å². The minimum absolute atomic E-state index is 0.0447. The predicted molar refractivity (Wildman–Crippen MR) is 144 cm³/mol. The zero-order valence-electron chi connectivity index (χ0n) is 20.9. The summed E-state index contributed by atoms with van der Waals surface area (Å²) in [5.74, 6) is -0.996. The summed E-state index contributed by atoms with van der Waals surface area (Å²) >= 11 is 5.96. The van der Waals surface area contributed by atoms with Crippen molar-refractivity contribution in [3.63, 3.8) is 0 Å². The highest BCUT2D eigenvalue weighted by molar-refractivity contribution is 7.89. The summed E-state index contributed by atoms with van der Waals surface area (Å²) in [6.07, 6.45) is 1.89. The SMILES string of the molecule is C[C@@H](NC(=O)c1ccc(CN([C@@H]2CCCCNC2=O)S(=O)(=O)c2ccc(Cl)cc2)cc1)c1ccc(F)cc1. The quantitative estimate of drug-likeness (QED) is 0.415. The van der Waals surface area contributed by atoms with Gasteiger partial charge in [-0.1, -0.05) is 35.9 Å². The van der Waals surface area contributed by atoms with Gasteiger partial charge >= 0.3 is 0 Å². The van der Waals surface area contributed by atoms with Gasteiger partial charge in [0.2, 0.25) is 15.9 Å². The molecule has 1 aliphatic heterocycles. The van der Waals surface area contributed by atoms with Crippen LogP contribution in [0.2, 0.25) is 5.02 Å². The van der Waals surface area contributed by atoms with Gasteiger partial charge in [0, 0.05) is 23.7 Å². The molecule has 0 aliphatic carbocycles. The zero-order valence-corrected chi connectivity index (χ0v) is 22.4. The molecule has 7 nitrogen and oxygen atoms in total. The molecule has 1 heterocycles. The maximum absolute atomic E-state index is 13.7. The number of nitrogens with one attached hydrogen (secondary N) is 2. The molecule has 2 atom stereocenters. The Morgan fingerprint density at radius 2 is 1.71 bits per heavy atom. The molecule has 200 valence electrons. The van der Waals surface area contributed by atoms with Gasteiger partial charge in [-0.05, 0) is 85.8 Å². The Kier molecular flexibility index (Phi) is 8.81. The average molecular weight is 558 g/mol. The van der Waals surface area contributed by atoms with Gasteiger partial charge in [-0.2, -0.15) is 4.31 Å². The minimum atomic E-state index is -4.03. The molecule has 0 spiro atoms. The Bertz CT molecular complexity index is 1380. The highest BCUT2D eigenvalue weighted by Gasteiger charge is 2.36. The van der Waals surface area contributed by atoms with E-state index < -0.39 is 16.1 Å². The Morgan fingerprint density at radius 3 is 2.37 bits per heavy atom. The molecule has 4 rings (SSSR count). The number of sulfonamides is 1. The van der Waals surface area contributed by atoms with Crippen molar-refractivity contribution in [2.45, 2.75) is 49.7 Å². The van der Waals surface area contributed by atoms with Crippen molar-refractivity contribution in [3.05, 3.63) is 100 Å². The van der Waals surface area contributed by atoms with E-state index in [2.05, 4.69) is 10.6 Å². The summed E-state index contributed by atoms with van der Waals surface area (Å²) in [7, 11) is -4.03. The zero-order chi connectivity index (χ0) is 27.3. The Hall–Kier alpha value is -3.27. The molecule has 1 fully saturated rings. The van der Waals surface area contributed by atoms with Crippen LogP contribution in [0.3, 0.4) is 0 Å². The van der Waals surface area contributed by atoms with Crippen LogP contribution < -0.4 is 10.6 Å². The van der Waals surface area contributed by atoms with Gasteiger partial charge in [0.05, 0.1) is 10.9 Å². The van der Waals surface area contributed by atoms with Crippen molar-refractivity contribution in [1.82, 2.24) is 14.9 Å². The van der Waals surface area contributed by atoms with E-state index in [-0.39, 0.29) is 35.1 Å². The van der Waals surface area contributed by atoms with Crippen LogP contribution in [0.5, 0.6) is 0 Å². The minimum Gasteiger partial charge on any atom is -0.355 e. The number of halogens is 2. The van der Waals surface area contributed by atoms with E-state index in [4.69, 9.17) is 11.6 Å². The average Bonchev–Trinajstić information content (AvgIpc) is 3.12. The second kappa shape index (κ2) is 12.1. The predicted octanol–water partition coefficient (Wildman–Crippen LogP) is 4.83. The van der Waals surface area contributed by atoms with Gasteiger partial charge < -0.3 is 10.6 Å². The van der Waals surface area contributed by atoms with Crippen molar-refractivity contribution in [3.8, 4) is 0 Å². The standard InChI is InChI=1S/C28H29ClFN3O4S/c1-19(21-9-13-24(30)14-10-21)32-27(34)22-7-5-20(6-8-22)18-33(26-4-2-3-17-31-28(26)35)38(36,37)25-15-11-23(29)12-16-25/h5-16,19,26H,2-4,17-18H2,1H3,(H,31,35)(H,32,34)/t19-,26-/m1/s1. The van der Waals surface area contributed by atoms with Crippen LogP contribution in [0.15, 0.2) is 77.7 Å². The van der Waals surface area contributed by atoms with Gasteiger partial charge in [-0.3, -0.25) is 9.59 Å². The molecule has 0 radical (unpaired) electrons. The van der Waals surface area contributed by atoms with Crippen molar-refractivity contribution in [2.24, 2.45) is 0 Å². The topological polar surface area (TPSA) is 95.6 Å². The monoisotopic (exact) mass is 557 g/mol. The van der Waals surface area contributed by atoms with Crippen molar-refractivity contribution >= 4 is 33.4 Å². The molecule has 2 N–H and O–H groups in total. The first-order chi connectivity index (χ1) is 18.1. The fourth-order valence-electron chi connectivity index (χ4n) is 4.36. The molecule has 0 bridgehead atoms. The van der Waals surface area contributed by atoms with Crippen LogP contribution in [0.4, 0.5) is 4.39 Å². The molecule has 0 unspecified atom stereocenters. The number of nitrogens with zero attached hydrogens (tertiary/aromatic N) is 1.